The lowest BCUT2D eigenvalue weighted by Gasteiger charge is -2.08. The summed E-state index contributed by atoms with van der Waals surface area (Å²) in [4.78, 5) is 3.99. The molecule has 96 valence electrons. The van der Waals surface area contributed by atoms with Gasteiger partial charge in [-0.05, 0) is 18.2 Å². The van der Waals surface area contributed by atoms with Gasteiger partial charge in [-0.3, -0.25) is 4.98 Å². The smallest absolute Gasteiger partial charge is 0.138 e. The molecule has 0 atom stereocenters. The topological polar surface area (TPSA) is 22.1 Å². The summed E-state index contributed by atoms with van der Waals surface area (Å²) in [5, 5.41) is 0. The number of benzene rings is 1. The highest BCUT2D eigenvalue weighted by Gasteiger charge is 2.04. The number of rotatable bonds is 3. The molecule has 2 rings (SSSR count). The van der Waals surface area contributed by atoms with E-state index in [0.29, 0.717) is 17.9 Å². The van der Waals surface area contributed by atoms with E-state index in [-0.39, 0.29) is 11.7 Å². The van der Waals surface area contributed by atoms with Gasteiger partial charge >= 0.3 is 0 Å². The van der Waals surface area contributed by atoms with Crippen molar-refractivity contribution in [3.63, 3.8) is 0 Å². The van der Waals surface area contributed by atoms with Crippen LogP contribution < -0.4 is 4.74 Å². The van der Waals surface area contributed by atoms with Gasteiger partial charge in [0.05, 0.1) is 11.4 Å². The van der Waals surface area contributed by atoms with Crippen molar-refractivity contribution in [1.29, 1.82) is 0 Å². The van der Waals surface area contributed by atoms with Crippen LogP contribution in [0.4, 0.5) is 4.39 Å². The number of pyridine rings is 1. The Morgan fingerprint density at radius 1 is 1.32 bits per heavy atom. The molecular formula is C15H11ClFNO. The average Bonchev–Trinajstić information content (AvgIpc) is 2.45. The zero-order valence-corrected chi connectivity index (χ0v) is 10.8. The van der Waals surface area contributed by atoms with Gasteiger partial charge in [0.2, 0.25) is 0 Å². The number of hydrogen-bond donors (Lipinski definition) is 0. The zero-order valence-electron chi connectivity index (χ0n) is 10.1. The molecule has 0 fully saturated rings. The number of ether oxygens (including phenoxy) is 1. The van der Waals surface area contributed by atoms with E-state index in [4.69, 9.17) is 16.3 Å². The van der Waals surface area contributed by atoms with Crippen molar-refractivity contribution in [2.24, 2.45) is 0 Å². The molecule has 1 aromatic heterocycles. The van der Waals surface area contributed by atoms with Crippen LogP contribution in [0.25, 0.3) is 0 Å². The van der Waals surface area contributed by atoms with Crippen molar-refractivity contribution in [3.05, 3.63) is 59.7 Å². The van der Waals surface area contributed by atoms with Crippen LogP contribution >= 0.6 is 11.6 Å². The van der Waals surface area contributed by atoms with Crippen molar-refractivity contribution in [2.75, 3.05) is 5.88 Å². The monoisotopic (exact) mass is 275 g/mol. The molecule has 0 N–H and O–H groups in total. The third-order valence-electron chi connectivity index (χ3n) is 2.35. The Bertz CT molecular complexity index is 605. The van der Waals surface area contributed by atoms with Gasteiger partial charge in [0.25, 0.3) is 0 Å². The largest absolute Gasteiger partial charge is 0.487 e. The van der Waals surface area contributed by atoms with Gasteiger partial charge in [0.15, 0.2) is 0 Å². The number of nitrogens with zero attached hydrogens (tertiary/aromatic N) is 1. The average molecular weight is 276 g/mol. The summed E-state index contributed by atoms with van der Waals surface area (Å²) in [5.41, 5.74) is 1.52. The molecule has 1 heterocycles. The minimum absolute atomic E-state index is 0.222. The van der Waals surface area contributed by atoms with Crippen molar-refractivity contribution in [1.82, 2.24) is 4.98 Å². The van der Waals surface area contributed by atoms with Crippen LogP contribution in [-0.4, -0.2) is 10.9 Å². The summed E-state index contributed by atoms with van der Waals surface area (Å²) in [5.74, 6) is 5.82. The molecule has 0 saturated carbocycles. The van der Waals surface area contributed by atoms with Crippen LogP contribution in [0.1, 0.15) is 11.1 Å². The quantitative estimate of drug-likeness (QED) is 0.633. The zero-order chi connectivity index (χ0) is 13.5. The van der Waals surface area contributed by atoms with Crippen molar-refractivity contribution >= 4 is 11.6 Å². The number of alkyl halides is 1. The molecule has 0 saturated heterocycles. The fourth-order valence-corrected chi connectivity index (χ4v) is 1.56. The van der Waals surface area contributed by atoms with E-state index in [1.54, 1.807) is 18.5 Å². The van der Waals surface area contributed by atoms with Gasteiger partial charge in [-0.2, -0.15) is 0 Å². The molecule has 4 heteroatoms. The molecule has 0 aliphatic carbocycles. The molecular weight excluding hydrogens is 265 g/mol. The first-order valence-electron chi connectivity index (χ1n) is 5.65. The third kappa shape index (κ3) is 3.97. The van der Waals surface area contributed by atoms with E-state index in [1.165, 1.54) is 12.1 Å². The Morgan fingerprint density at radius 2 is 2.21 bits per heavy atom. The molecule has 0 unspecified atom stereocenters. The first-order valence-corrected chi connectivity index (χ1v) is 6.19. The van der Waals surface area contributed by atoms with E-state index in [9.17, 15) is 4.39 Å². The minimum Gasteiger partial charge on any atom is -0.487 e. The second-order valence-corrected chi connectivity index (χ2v) is 3.99. The molecule has 2 aromatic rings. The lowest BCUT2D eigenvalue weighted by molar-refractivity contribution is 0.303. The van der Waals surface area contributed by atoms with Crippen LogP contribution in [0, 0.1) is 17.7 Å². The fourth-order valence-electron chi connectivity index (χ4n) is 1.49. The highest BCUT2D eigenvalue weighted by molar-refractivity contribution is 6.19. The Hall–Kier alpha value is -2.05. The van der Waals surface area contributed by atoms with Gasteiger partial charge in [-0.25, -0.2) is 4.39 Å². The van der Waals surface area contributed by atoms with Crippen molar-refractivity contribution in [2.45, 2.75) is 6.61 Å². The van der Waals surface area contributed by atoms with Crippen LogP contribution in [0.3, 0.4) is 0 Å². The maximum atomic E-state index is 13.2. The van der Waals surface area contributed by atoms with Gasteiger partial charge in [0, 0.05) is 24.0 Å². The lowest BCUT2D eigenvalue weighted by atomic mass is 10.2. The number of hydrogen-bond acceptors (Lipinski definition) is 2. The summed E-state index contributed by atoms with van der Waals surface area (Å²) in [6.45, 7) is 0.312. The molecule has 0 aliphatic heterocycles. The predicted octanol–water partition coefficient (Wildman–Crippen LogP) is 3.39. The molecule has 2 nitrogen and oxygen atoms in total. The molecule has 0 spiro atoms. The second-order valence-electron chi connectivity index (χ2n) is 3.73. The van der Waals surface area contributed by atoms with E-state index >= 15 is 0 Å². The summed E-state index contributed by atoms with van der Waals surface area (Å²) < 4.78 is 18.8. The van der Waals surface area contributed by atoms with Gasteiger partial charge in [-0.1, -0.05) is 17.9 Å². The molecule has 1 aromatic carbocycles. The van der Waals surface area contributed by atoms with E-state index < -0.39 is 0 Å². The normalized spacial score (nSPS) is 9.58. The Morgan fingerprint density at radius 3 is 2.95 bits per heavy atom. The van der Waals surface area contributed by atoms with Crippen molar-refractivity contribution in [3.8, 4) is 17.6 Å². The SMILES string of the molecule is Fc1ccc(C#CCCl)c(OCc2cccnc2)c1. The summed E-state index contributed by atoms with van der Waals surface area (Å²) >= 11 is 5.51. The van der Waals surface area contributed by atoms with Crippen LogP contribution in [-0.2, 0) is 6.61 Å². The minimum atomic E-state index is -0.363. The fraction of sp³-hybridized carbons (Fsp3) is 0.133. The molecule has 0 aliphatic rings. The Labute approximate surface area is 116 Å². The Kier molecular flexibility index (Phi) is 4.77. The molecule has 0 bridgehead atoms. The second kappa shape index (κ2) is 6.77. The predicted molar refractivity (Wildman–Crippen MR) is 72.6 cm³/mol. The van der Waals surface area contributed by atoms with E-state index in [0.717, 1.165) is 5.56 Å². The summed E-state index contributed by atoms with van der Waals surface area (Å²) in [6, 6.07) is 7.94. The highest BCUT2D eigenvalue weighted by Crippen LogP contribution is 2.20. The standard InChI is InChI=1S/C15H11ClFNO/c16-7-1-4-13-5-6-14(17)9-15(13)19-11-12-3-2-8-18-10-12/h2-3,5-6,8-10H,7,11H2. The van der Waals surface area contributed by atoms with E-state index in [1.807, 2.05) is 12.1 Å². The Balaban J connectivity index is 2.16. The number of aromatic nitrogens is 1. The van der Waals surface area contributed by atoms with Gasteiger partial charge in [0.1, 0.15) is 18.2 Å². The maximum Gasteiger partial charge on any atom is 0.138 e. The molecule has 19 heavy (non-hydrogen) atoms. The highest BCUT2D eigenvalue weighted by atomic mass is 35.5. The molecule has 0 amide bonds. The third-order valence-corrected chi connectivity index (χ3v) is 2.48. The van der Waals surface area contributed by atoms with Crippen LogP contribution in [0.2, 0.25) is 0 Å². The van der Waals surface area contributed by atoms with Gasteiger partial charge in [-0.15, -0.1) is 11.6 Å². The summed E-state index contributed by atoms with van der Waals surface area (Å²) in [6.07, 6.45) is 3.38. The first kappa shape index (κ1) is 13.4. The van der Waals surface area contributed by atoms with Crippen molar-refractivity contribution < 1.29 is 9.13 Å². The number of halogens is 2. The van der Waals surface area contributed by atoms with Gasteiger partial charge < -0.3 is 4.74 Å². The lowest BCUT2D eigenvalue weighted by Crippen LogP contribution is -1.98. The van der Waals surface area contributed by atoms with Crippen LogP contribution in [0.15, 0.2) is 42.7 Å². The van der Waals surface area contributed by atoms with Crippen LogP contribution in [0.5, 0.6) is 5.75 Å². The summed E-state index contributed by atoms with van der Waals surface area (Å²) in [7, 11) is 0. The first-order chi connectivity index (χ1) is 9.29. The maximum absolute atomic E-state index is 13.2. The molecule has 0 radical (unpaired) electrons. The van der Waals surface area contributed by atoms with E-state index in [2.05, 4.69) is 16.8 Å².